The number of nitrogens with one attached hydrogen (secondary N) is 1. The zero-order chi connectivity index (χ0) is 22.7. The van der Waals surface area contributed by atoms with Crippen molar-refractivity contribution >= 4 is 49.3 Å². The maximum absolute atomic E-state index is 12.0. The van der Waals surface area contributed by atoms with Gasteiger partial charge in [0.25, 0.3) is 10.1 Å². The smallest absolute Gasteiger partial charge is 0.296 e. The molecule has 4 aromatic carbocycles. The molecule has 0 unspecified atom stereocenters. The van der Waals surface area contributed by atoms with Crippen molar-refractivity contribution in [2.24, 2.45) is 10.2 Å². The fourth-order valence-electron chi connectivity index (χ4n) is 3.23. The van der Waals surface area contributed by atoms with Crippen LogP contribution in [-0.4, -0.2) is 20.1 Å². The van der Waals surface area contributed by atoms with Crippen LogP contribution in [-0.2, 0) is 10.1 Å². The Balaban J connectivity index is 1.68. The third kappa shape index (κ3) is 4.53. The first-order valence-electron chi connectivity index (χ1n) is 9.57. The van der Waals surface area contributed by atoms with Crippen molar-refractivity contribution in [3.63, 3.8) is 0 Å². The van der Waals surface area contributed by atoms with E-state index in [1.54, 1.807) is 49.6 Å². The van der Waals surface area contributed by atoms with Gasteiger partial charge in [0.15, 0.2) is 0 Å². The van der Waals surface area contributed by atoms with Gasteiger partial charge in [0, 0.05) is 22.1 Å². The molecule has 32 heavy (non-hydrogen) atoms. The van der Waals surface area contributed by atoms with Crippen molar-refractivity contribution < 1.29 is 17.7 Å². The van der Waals surface area contributed by atoms with E-state index in [0.29, 0.717) is 22.8 Å². The van der Waals surface area contributed by atoms with Gasteiger partial charge in [-0.15, -0.1) is 5.11 Å². The molecule has 0 atom stereocenters. The highest BCUT2D eigenvalue weighted by Crippen LogP contribution is 2.33. The summed E-state index contributed by atoms with van der Waals surface area (Å²) in [6.07, 6.45) is 0. The Labute approximate surface area is 185 Å². The predicted octanol–water partition coefficient (Wildman–Crippen LogP) is 5.84. The van der Waals surface area contributed by atoms with Gasteiger partial charge in [0.1, 0.15) is 10.6 Å². The number of anilines is 3. The quantitative estimate of drug-likeness (QED) is 0.193. The summed E-state index contributed by atoms with van der Waals surface area (Å²) in [6.45, 7) is 0. The van der Waals surface area contributed by atoms with Crippen LogP contribution in [0.3, 0.4) is 0 Å². The molecule has 0 spiro atoms. The first-order valence-corrected chi connectivity index (χ1v) is 11.0. The molecule has 0 aliphatic heterocycles. The number of ether oxygens (including phenoxy) is 1. The van der Waals surface area contributed by atoms with E-state index in [-0.39, 0.29) is 16.3 Å². The van der Waals surface area contributed by atoms with E-state index in [4.69, 9.17) is 10.5 Å². The van der Waals surface area contributed by atoms with Gasteiger partial charge in [-0.1, -0.05) is 24.3 Å². The van der Waals surface area contributed by atoms with Crippen LogP contribution in [0.2, 0.25) is 0 Å². The fraction of sp³-hybridized carbons (Fsp3) is 0.0435. The Kier molecular flexibility index (Phi) is 5.76. The van der Waals surface area contributed by atoms with E-state index < -0.39 is 10.1 Å². The van der Waals surface area contributed by atoms with Crippen LogP contribution in [0.4, 0.5) is 28.4 Å². The number of fused-ring (bicyclic) bond motifs is 1. The van der Waals surface area contributed by atoms with E-state index in [9.17, 15) is 13.0 Å². The number of nitrogens with two attached hydrogens (primary N) is 1. The van der Waals surface area contributed by atoms with Crippen LogP contribution in [0.1, 0.15) is 0 Å². The lowest BCUT2D eigenvalue weighted by atomic mass is 10.1. The summed E-state index contributed by atoms with van der Waals surface area (Å²) in [5.41, 5.74) is 8.32. The molecule has 4 N–H and O–H groups in total. The molecule has 9 heteroatoms. The molecule has 162 valence electrons. The van der Waals surface area contributed by atoms with Crippen LogP contribution >= 0.6 is 0 Å². The average Bonchev–Trinajstić information content (AvgIpc) is 2.79. The van der Waals surface area contributed by atoms with Gasteiger partial charge >= 0.3 is 0 Å². The number of methoxy groups -OCH3 is 1. The number of rotatable bonds is 6. The van der Waals surface area contributed by atoms with Crippen molar-refractivity contribution in [3.05, 3.63) is 78.9 Å². The second kappa shape index (κ2) is 8.66. The molecular weight excluding hydrogens is 428 g/mol. The van der Waals surface area contributed by atoms with Crippen LogP contribution < -0.4 is 15.8 Å². The highest BCUT2D eigenvalue weighted by atomic mass is 32.2. The zero-order valence-electron chi connectivity index (χ0n) is 17.1. The molecule has 0 aliphatic carbocycles. The number of azo groups is 1. The Hall–Kier alpha value is -3.95. The lowest BCUT2D eigenvalue weighted by molar-refractivity contribution is 0.415. The van der Waals surface area contributed by atoms with Crippen LogP contribution in [0.5, 0.6) is 5.75 Å². The van der Waals surface area contributed by atoms with Gasteiger partial charge in [0.2, 0.25) is 0 Å². The van der Waals surface area contributed by atoms with Crippen LogP contribution in [0, 0.1) is 0 Å². The van der Waals surface area contributed by atoms with E-state index >= 15 is 0 Å². The molecule has 0 amide bonds. The summed E-state index contributed by atoms with van der Waals surface area (Å²) in [4.78, 5) is -0.313. The normalized spacial score (nSPS) is 11.7. The molecule has 0 saturated carbocycles. The summed E-state index contributed by atoms with van der Waals surface area (Å²) in [6, 6.07) is 22.3. The third-order valence-electron chi connectivity index (χ3n) is 4.82. The highest BCUT2D eigenvalue weighted by molar-refractivity contribution is 7.86. The molecule has 0 fully saturated rings. The van der Waals surface area contributed by atoms with E-state index in [1.807, 2.05) is 24.3 Å². The number of nitrogens with zero attached hydrogens (tertiary/aromatic N) is 2. The predicted molar refractivity (Wildman–Crippen MR) is 125 cm³/mol. The highest BCUT2D eigenvalue weighted by Gasteiger charge is 2.17. The summed E-state index contributed by atoms with van der Waals surface area (Å²) >= 11 is 0. The van der Waals surface area contributed by atoms with Crippen LogP contribution in [0.15, 0.2) is 94.0 Å². The summed E-state index contributed by atoms with van der Waals surface area (Å²) in [5.74, 6) is 0.663. The minimum Gasteiger partial charge on any atom is -0.497 e. The monoisotopic (exact) mass is 448 g/mol. The summed E-state index contributed by atoms with van der Waals surface area (Å²) in [7, 11) is -2.96. The minimum absolute atomic E-state index is 0.203. The maximum Gasteiger partial charge on any atom is 0.296 e. The maximum atomic E-state index is 12.0. The number of hydrogen-bond acceptors (Lipinski definition) is 7. The van der Waals surface area contributed by atoms with E-state index in [0.717, 1.165) is 10.8 Å². The van der Waals surface area contributed by atoms with E-state index in [1.165, 1.54) is 12.1 Å². The van der Waals surface area contributed by atoms with Crippen molar-refractivity contribution in [1.82, 2.24) is 0 Å². The van der Waals surface area contributed by atoms with Gasteiger partial charge in [-0.05, 0) is 54.6 Å². The zero-order valence-corrected chi connectivity index (χ0v) is 17.9. The Morgan fingerprint density at radius 1 is 0.906 bits per heavy atom. The van der Waals surface area contributed by atoms with Crippen LogP contribution in [0.25, 0.3) is 10.8 Å². The van der Waals surface area contributed by atoms with Gasteiger partial charge in [-0.2, -0.15) is 13.5 Å². The Morgan fingerprint density at radius 3 is 2.31 bits per heavy atom. The first kappa shape index (κ1) is 21.3. The van der Waals surface area contributed by atoms with Crippen molar-refractivity contribution in [2.75, 3.05) is 18.2 Å². The second-order valence-corrected chi connectivity index (χ2v) is 8.32. The largest absolute Gasteiger partial charge is 0.497 e. The lowest BCUT2D eigenvalue weighted by Crippen LogP contribution is -2.03. The molecule has 4 rings (SSSR count). The number of nitrogen functional groups attached to an aromatic ring is 1. The van der Waals surface area contributed by atoms with Crippen molar-refractivity contribution in [2.45, 2.75) is 4.90 Å². The van der Waals surface area contributed by atoms with Crippen molar-refractivity contribution in [3.8, 4) is 5.75 Å². The Bertz CT molecular complexity index is 1420. The lowest BCUT2D eigenvalue weighted by Gasteiger charge is -2.11. The first-order chi connectivity index (χ1) is 15.3. The SMILES string of the molecule is COc1ccc(Nc2ccc(N=Nc3ccc(N)c4ccccc34)cc2S(=O)(=O)O)cc1. The summed E-state index contributed by atoms with van der Waals surface area (Å²) in [5, 5.41) is 13.1. The molecule has 0 aromatic heterocycles. The topological polar surface area (TPSA) is 126 Å². The molecule has 0 bridgehead atoms. The summed E-state index contributed by atoms with van der Waals surface area (Å²) < 4.78 is 38.8. The molecule has 4 aromatic rings. The standard InChI is InChI=1S/C23H20N4O4S/c1-31-17-9-6-15(7-10-17)25-22-12-8-16(14-23(22)32(28,29)30)26-27-21-13-11-20(24)18-4-2-3-5-19(18)21/h2-14,25H,24H2,1H3,(H,28,29,30). The minimum atomic E-state index is -4.52. The molecule has 0 heterocycles. The number of hydrogen-bond donors (Lipinski definition) is 3. The average molecular weight is 449 g/mol. The molecular formula is C23H20N4O4S. The Morgan fingerprint density at radius 2 is 1.62 bits per heavy atom. The second-order valence-electron chi connectivity index (χ2n) is 6.93. The fourth-order valence-corrected chi connectivity index (χ4v) is 3.89. The van der Waals surface area contributed by atoms with Crippen molar-refractivity contribution in [1.29, 1.82) is 0 Å². The van der Waals surface area contributed by atoms with Gasteiger partial charge < -0.3 is 15.8 Å². The van der Waals surface area contributed by atoms with E-state index in [2.05, 4.69) is 15.5 Å². The molecule has 0 saturated heterocycles. The van der Waals surface area contributed by atoms with Gasteiger partial charge in [-0.25, -0.2) is 0 Å². The molecule has 0 radical (unpaired) electrons. The molecule has 0 aliphatic rings. The van der Waals surface area contributed by atoms with Gasteiger partial charge in [0.05, 0.1) is 24.2 Å². The van der Waals surface area contributed by atoms with Gasteiger partial charge in [-0.3, -0.25) is 4.55 Å². The number of benzene rings is 4. The molecule has 8 nitrogen and oxygen atoms in total. The third-order valence-corrected chi connectivity index (χ3v) is 5.71.